The molecular weight excluding hydrogens is 215 g/mol. The van der Waals surface area contributed by atoms with Crippen molar-refractivity contribution < 1.29 is 9.50 Å². The Hall–Kier alpha value is -0.890. The third-order valence-electron chi connectivity index (χ3n) is 3.16. The van der Waals surface area contributed by atoms with E-state index >= 15 is 0 Å². The molecule has 0 saturated carbocycles. The molecule has 0 fully saturated rings. The first-order chi connectivity index (χ1) is 8.26. The number of unbranched alkanes of at least 4 members (excludes halogenated alkanes) is 3. The topological polar surface area (TPSA) is 20.2 Å². The maximum Gasteiger partial charge on any atom is 0.123 e. The summed E-state index contributed by atoms with van der Waals surface area (Å²) in [6, 6.07) is 6.59. The van der Waals surface area contributed by atoms with Gasteiger partial charge in [0.1, 0.15) is 5.82 Å². The molecule has 1 unspecified atom stereocenters. The van der Waals surface area contributed by atoms with Gasteiger partial charge in [-0.05, 0) is 36.5 Å². The van der Waals surface area contributed by atoms with Gasteiger partial charge in [-0.2, -0.15) is 0 Å². The lowest BCUT2D eigenvalue weighted by atomic mass is 9.94. The summed E-state index contributed by atoms with van der Waals surface area (Å²) < 4.78 is 12.7. The summed E-state index contributed by atoms with van der Waals surface area (Å²) in [5, 5.41) is 9.32. The quantitative estimate of drug-likeness (QED) is 0.680. The zero-order chi connectivity index (χ0) is 12.5. The zero-order valence-corrected chi connectivity index (χ0v) is 10.7. The number of hydrogen-bond donors (Lipinski definition) is 1. The summed E-state index contributed by atoms with van der Waals surface area (Å²) in [5.74, 6) is 0.120. The molecule has 0 aliphatic rings. The summed E-state index contributed by atoms with van der Waals surface area (Å²) in [6.45, 7) is 2.42. The van der Waals surface area contributed by atoms with Crippen LogP contribution in [0.25, 0.3) is 0 Å². The third kappa shape index (κ3) is 5.83. The van der Waals surface area contributed by atoms with Gasteiger partial charge in [-0.3, -0.25) is 0 Å². The van der Waals surface area contributed by atoms with Gasteiger partial charge in [0.05, 0.1) is 0 Å². The van der Waals surface area contributed by atoms with E-state index in [0.29, 0.717) is 5.92 Å². The van der Waals surface area contributed by atoms with Crippen LogP contribution in [0.2, 0.25) is 0 Å². The number of benzene rings is 1. The maximum atomic E-state index is 12.7. The highest BCUT2D eigenvalue weighted by Crippen LogP contribution is 2.16. The van der Waals surface area contributed by atoms with Gasteiger partial charge in [0.25, 0.3) is 0 Å². The first-order valence-corrected chi connectivity index (χ1v) is 6.61. The van der Waals surface area contributed by atoms with Gasteiger partial charge in [0, 0.05) is 6.61 Å². The minimum Gasteiger partial charge on any atom is -0.396 e. The van der Waals surface area contributed by atoms with Crippen LogP contribution in [0.1, 0.15) is 44.6 Å². The van der Waals surface area contributed by atoms with Crippen molar-refractivity contribution in [3.63, 3.8) is 0 Å². The van der Waals surface area contributed by atoms with Crippen LogP contribution in [0.3, 0.4) is 0 Å². The highest BCUT2D eigenvalue weighted by Gasteiger charge is 2.08. The highest BCUT2D eigenvalue weighted by molar-refractivity contribution is 5.16. The van der Waals surface area contributed by atoms with Crippen LogP contribution in [0, 0.1) is 11.7 Å². The van der Waals surface area contributed by atoms with E-state index in [2.05, 4.69) is 6.92 Å². The molecule has 1 nitrogen and oxygen atoms in total. The van der Waals surface area contributed by atoms with E-state index < -0.39 is 0 Å². The van der Waals surface area contributed by atoms with Crippen molar-refractivity contribution in [2.45, 2.75) is 45.4 Å². The van der Waals surface area contributed by atoms with Gasteiger partial charge in [0.15, 0.2) is 0 Å². The lowest BCUT2D eigenvalue weighted by Crippen LogP contribution is -2.09. The lowest BCUT2D eigenvalue weighted by Gasteiger charge is -2.13. The van der Waals surface area contributed by atoms with Crippen molar-refractivity contribution in [3.8, 4) is 0 Å². The normalized spacial score (nSPS) is 12.6. The minimum absolute atomic E-state index is 0.197. The average Bonchev–Trinajstić information content (AvgIpc) is 2.35. The first-order valence-electron chi connectivity index (χ1n) is 6.61. The SMILES string of the molecule is CCCCCCC(CO)Cc1ccc(F)cc1. The number of aliphatic hydroxyl groups excluding tert-OH is 1. The van der Waals surface area contributed by atoms with E-state index in [4.69, 9.17) is 0 Å². The van der Waals surface area contributed by atoms with Gasteiger partial charge < -0.3 is 5.11 Å². The summed E-state index contributed by atoms with van der Waals surface area (Å²) >= 11 is 0. The Labute approximate surface area is 104 Å². The largest absolute Gasteiger partial charge is 0.396 e. The van der Waals surface area contributed by atoms with Crippen LogP contribution < -0.4 is 0 Å². The van der Waals surface area contributed by atoms with Crippen molar-refractivity contribution in [2.75, 3.05) is 6.61 Å². The molecule has 0 bridgehead atoms. The Morgan fingerprint density at radius 1 is 1.12 bits per heavy atom. The van der Waals surface area contributed by atoms with Crippen LogP contribution in [-0.2, 0) is 6.42 Å². The summed E-state index contributed by atoms with van der Waals surface area (Å²) in [5.41, 5.74) is 1.11. The van der Waals surface area contributed by atoms with E-state index in [1.165, 1.54) is 37.8 Å². The Morgan fingerprint density at radius 2 is 1.82 bits per heavy atom. The molecule has 0 aliphatic carbocycles. The number of rotatable bonds is 8. The molecule has 1 aromatic rings. The fraction of sp³-hybridized carbons (Fsp3) is 0.600. The number of halogens is 1. The Bertz CT molecular complexity index is 294. The van der Waals surface area contributed by atoms with Gasteiger partial charge in [-0.1, -0.05) is 44.7 Å². The second kappa shape index (κ2) is 8.24. The second-order valence-corrected chi connectivity index (χ2v) is 4.73. The molecule has 0 spiro atoms. The molecule has 1 atom stereocenters. The fourth-order valence-electron chi connectivity index (χ4n) is 2.07. The summed E-state index contributed by atoms with van der Waals surface area (Å²) in [7, 11) is 0. The Kier molecular flexibility index (Phi) is 6.87. The average molecular weight is 238 g/mol. The van der Waals surface area contributed by atoms with Gasteiger partial charge >= 0.3 is 0 Å². The zero-order valence-electron chi connectivity index (χ0n) is 10.7. The van der Waals surface area contributed by atoms with E-state index in [-0.39, 0.29) is 12.4 Å². The van der Waals surface area contributed by atoms with Crippen molar-refractivity contribution in [2.24, 2.45) is 5.92 Å². The van der Waals surface area contributed by atoms with Gasteiger partial charge in [-0.25, -0.2) is 4.39 Å². The van der Waals surface area contributed by atoms with Crippen LogP contribution in [0.4, 0.5) is 4.39 Å². The highest BCUT2D eigenvalue weighted by atomic mass is 19.1. The van der Waals surface area contributed by atoms with Crippen LogP contribution in [0.15, 0.2) is 24.3 Å². The minimum atomic E-state index is -0.197. The van der Waals surface area contributed by atoms with Crippen LogP contribution in [0.5, 0.6) is 0 Å². The molecular formula is C15H23FO. The van der Waals surface area contributed by atoms with Crippen molar-refractivity contribution in [3.05, 3.63) is 35.6 Å². The van der Waals surface area contributed by atoms with E-state index in [1.54, 1.807) is 0 Å². The molecule has 1 aromatic carbocycles. The standard InChI is InChI=1S/C15H23FO/c1-2-3-4-5-6-14(12-17)11-13-7-9-15(16)10-8-13/h7-10,14,17H,2-6,11-12H2,1H3. The lowest BCUT2D eigenvalue weighted by molar-refractivity contribution is 0.214. The molecule has 1 rings (SSSR count). The predicted molar refractivity (Wildman–Crippen MR) is 69.4 cm³/mol. The van der Waals surface area contributed by atoms with Crippen molar-refractivity contribution >= 4 is 0 Å². The Balaban J connectivity index is 2.33. The van der Waals surface area contributed by atoms with Gasteiger partial charge in [-0.15, -0.1) is 0 Å². The summed E-state index contributed by atoms with van der Waals surface area (Å²) in [4.78, 5) is 0. The van der Waals surface area contributed by atoms with E-state index in [9.17, 15) is 9.50 Å². The van der Waals surface area contributed by atoms with Crippen LogP contribution >= 0.6 is 0 Å². The maximum absolute atomic E-state index is 12.7. The molecule has 0 radical (unpaired) electrons. The molecule has 0 aromatic heterocycles. The molecule has 2 heteroatoms. The molecule has 0 amide bonds. The van der Waals surface area contributed by atoms with E-state index in [1.807, 2.05) is 12.1 Å². The molecule has 0 heterocycles. The number of aliphatic hydroxyl groups is 1. The second-order valence-electron chi connectivity index (χ2n) is 4.73. The fourth-order valence-corrected chi connectivity index (χ4v) is 2.07. The molecule has 17 heavy (non-hydrogen) atoms. The summed E-state index contributed by atoms with van der Waals surface area (Å²) in [6.07, 6.45) is 6.85. The molecule has 0 saturated heterocycles. The third-order valence-corrected chi connectivity index (χ3v) is 3.16. The Morgan fingerprint density at radius 3 is 2.41 bits per heavy atom. The van der Waals surface area contributed by atoms with Crippen LogP contribution in [-0.4, -0.2) is 11.7 Å². The van der Waals surface area contributed by atoms with E-state index in [0.717, 1.165) is 18.4 Å². The monoisotopic (exact) mass is 238 g/mol. The number of hydrogen-bond acceptors (Lipinski definition) is 1. The first kappa shape index (κ1) is 14.2. The molecule has 0 aliphatic heterocycles. The smallest absolute Gasteiger partial charge is 0.123 e. The molecule has 1 N–H and O–H groups in total. The predicted octanol–water partition coefficient (Wildman–Crippen LogP) is 3.95. The van der Waals surface area contributed by atoms with Gasteiger partial charge in [0.2, 0.25) is 0 Å². The molecule has 96 valence electrons. The van der Waals surface area contributed by atoms with Crippen molar-refractivity contribution in [1.29, 1.82) is 0 Å². The van der Waals surface area contributed by atoms with Crippen molar-refractivity contribution in [1.82, 2.24) is 0 Å².